The van der Waals surface area contributed by atoms with Crippen molar-refractivity contribution in [2.24, 2.45) is 0 Å². The zero-order valence-corrected chi connectivity index (χ0v) is 12.4. The maximum Gasteiger partial charge on any atom is 0.348 e. The van der Waals surface area contributed by atoms with E-state index in [1.807, 2.05) is 19.1 Å². The van der Waals surface area contributed by atoms with Crippen molar-refractivity contribution in [3.8, 4) is 5.75 Å². The highest BCUT2D eigenvalue weighted by molar-refractivity contribution is 5.96. The van der Waals surface area contributed by atoms with Crippen LogP contribution in [-0.4, -0.2) is 21.9 Å². The number of hydrogen-bond acceptors (Lipinski definition) is 4. The maximum absolute atomic E-state index is 11.8. The van der Waals surface area contributed by atoms with E-state index in [1.54, 1.807) is 29.7 Å². The first-order valence-electron chi connectivity index (χ1n) is 6.77. The molecule has 1 heterocycles. The normalized spacial score (nSPS) is 10.4. The Morgan fingerprint density at radius 3 is 2.67 bits per heavy atom. The van der Waals surface area contributed by atoms with Crippen LogP contribution in [0, 0.1) is 13.8 Å². The van der Waals surface area contributed by atoms with E-state index in [0.29, 0.717) is 30.2 Å². The zero-order chi connectivity index (χ0) is 15.4. The number of Topliss-reactive ketones (excluding diaryl/α,β-unsaturated/α-hetero) is 1. The third-order valence-corrected chi connectivity index (χ3v) is 3.19. The molecule has 5 heteroatoms. The molecule has 0 aliphatic rings. The van der Waals surface area contributed by atoms with E-state index in [1.165, 1.54) is 6.92 Å². The Morgan fingerprint density at radius 2 is 2.00 bits per heavy atom. The molecule has 0 atom stereocenters. The molecule has 0 radical (unpaired) electrons. The Labute approximate surface area is 123 Å². The van der Waals surface area contributed by atoms with Crippen LogP contribution >= 0.6 is 0 Å². The number of aryl methyl sites for hydroxylation is 2. The lowest BCUT2D eigenvalue weighted by atomic mass is 10.1. The van der Waals surface area contributed by atoms with E-state index in [4.69, 9.17) is 4.74 Å². The Kier molecular flexibility index (Phi) is 4.52. The van der Waals surface area contributed by atoms with Gasteiger partial charge in [-0.25, -0.2) is 4.79 Å². The first kappa shape index (κ1) is 15.0. The first-order chi connectivity index (χ1) is 9.99. The van der Waals surface area contributed by atoms with Crippen LogP contribution in [0.15, 0.2) is 35.1 Å². The van der Waals surface area contributed by atoms with Crippen LogP contribution in [0.3, 0.4) is 0 Å². The number of nitrogens with zero attached hydrogens (tertiary/aromatic N) is 2. The molecule has 0 spiro atoms. The second kappa shape index (κ2) is 6.35. The van der Waals surface area contributed by atoms with Gasteiger partial charge in [0.2, 0.25) is 0 Å². The fourth-order valence-corrected chi connectivity index (χ4v) is 2.18. The molecule has 0 fully saturated rings. The van der Waals surface area contributed by atoms with E-state index in [9.17, 15) is 9.59 Å². The number of carbonyl (C=O) groups excluding carboxylic acids is 1. The molecule has 0 amide bonds. The van der Waals surface area contributed by atoms with Gasteiger partial charge in [0, 0.05) is 11.4 Å². The van der Waals surface area contributed by atoms with Crippen LogP contribution in [0.25, 0.3) is 0 Å². The summed E-state index contributed by atoms with van der Waals surface area (Å²) in [5.74, 6) is 0.492. The Hall–Kier alpha value is -2.43. The molecule has 5 nitrogen and oxygen atoms in total. The number of rotatable bonds is 5. The monoisotopic (exact) mass is 286 g/mol. The van der Waals surface area contributed by atoms with Gasteiger partial charge in [-0.2, -0.15) is 4.98 Å². The fourth-order valence-electron chi connectivity index (χ4n) is 2.18. The summed E-state index contributed by atoms with van der Waals surface area (Å²) in [4.78, 5) is 27.2. The van der Waals surface area contributed by atoms with Gasteiger partial charge < -0.3 is 4.74 Å². The molecule has 21 heavy (non-hydrogen) atoms. The standard InChI is InChI=1S/C16H18N2O3/c1-11-10-12(2)18(16(20)17-11)8-9-21-15-7-5-4-6-14(15)13(3)19/h4-7,10H,8-9H2,1-3H3. The van der Waals surface area contributed by atoms with Crippen LogP contribution < -0.4 is 10.4 Å². The van der Waals surface area contributed by atoms with Crippen molar-refractivity contribution in [2.75, 3.05) is 6.61 Å². The van der Waals surface area contributed by atoms with Gasteiger partial charge in [-0.3, -0.25) is 9.36 Å². The molecule has 0 saturated heterocycles. The summed E-state index contributed by atoms with van der Waals surface area (Å²) in [5.41, 5.74) is 1.81. The highest BCUT2D eigenvalue weighted by atomic mass is 16.5. The predicted octanol–water partition coefficient (Wildman–Crippen LogP) is 2.14. The molecule has 1 aromatic carbocycles. The molecule has 0 saturated carbocycles. The van der Waals surface area contributed by atoms with Gasteiger partial charge in [0.15, 0.2) is 5.78 Å². The summed E-state index contributed by atoms with van der Waals surface area (Å²) in [6.07, 6.45) is 0. The third-order valence-electron chi connectivity index (χ3n) is 3.19. The molecule has 0 bridgehead atoms. The van der Waals surface area contributed by atoms with Gasteiger partial charge in [0.1, 0.15) is 12.4 Å². The summed E-state index contributed by atoms with van der Waals surface area (Å²) in [6.45, 7) is 5.85. The molecule has 1 aromatic heterocycles. The van der Waals surface area contributed by atoms with E-state index in [0.717, 1.165) is 5.69 Å². The van der Waals surface area contributed by atoms with Gasteiger partial charge in [0.05, 0.1) is 12.1 Å². The number of ether oxygens (including phenoxy) is 1. The van der Waals surface area contributed by atoms with Crippen molar-refractivity contribution >= 4 is 5.78 Å². The smallest absolute Gasteiger partial charge is 0.348 e. The summed E-state index contributed by atoms with van der Waals surface area (Å²) in [6, 6.07) is 8.93. The molecule has 2 rings (SSSR count). The molecule has 0 aliphatic carbocycles. The molecule has 0 aliphatic heterocycles. The van der Waals surface area contributed by atoms with Crippen LogP contribution in [0.4, 0.5) is 0 Å². The lowest BCUT2D eigenvalue weighted by molar-refractivity contribution is 0.101. The molecule has 2 aromatic rings. The molecule has 110 valence electrons. The highest BCUT2D eigenvalue weighted by Gasteiger charge is 2.08. The largest absolute Gasteiger partial charge is 0.491 e. The minimum absolute atomic E-state index is 0.0454. The average molecular weight is 286 g/mol. The highest BCUT2D eigenvalue weighted by Crippen LogP contribution is 2.18. The first-order valence-corrected chi connectivity index (χ1v) is 6.77. The number of para-hydroxylation sites is 1. The topological polar surface area (TPSA) is 61.2 Å². The Balaban J connectivity index is 2.09. The van der Waals surface area contributed by atoms with Crippen molar-refractivity contribution in [3.63, 3.8) is 0 Å². The number of carbonyl (C=O) groups is 1. The van der Waals surface area contributed by atoms with Gasteiger partial charge in [0.25, 0.3) is 0 Å². The van der Waals surface area contributed by atoms with Gasteiger partial charge in [-0.15, -0.1) is 0 Å². The average Bonchev–Trinajstić information content (AvgIpc) is 2.42. The van der Waals surface area contributed by atoms with E-state index < -0.39 is 0 Å². The van der Waals surface area contributed by atoms with Crippen molar-refractivity contribution in [1.82, 2.24) is 9.55 Å². The van der Waals surface area contributed by atoms with Crippen molar-refractivity contribution in [2.45, 2.75) is 27.3 Å². The van der Waals surface area contributed by atoms with E-state index in [2.05, 4.69) is 4.98 Å². The lowest BCUT2D eigenvalue weighted by Gasteiger charge is -2.12. The van der Waals surface area contributed by atoms with E-state index >= 15 is 0 Å². The zero-order valence-electron chi connectivity index (χ0n) is 12.4. The molecular formula is C16H18N2O3. The van der Waals surface area contributed by atoms with Gasteiger partial charge >= 0.3 is 5.69 Å². The minimum Gasteiger partial charge on any atom is -0.491 e. The number of aromatic nitrogens is 2. The molecular weight excluding hydrogens is 268 g/mol. The van der Waals surface area contributed by atoms with Crippen molar-refractivity contribution in [1.29, 1.82) is 0 Å². The summed E-state index contributed by atoms with van der Waals surface area (Å²) >= 11 is 0. The fraction of sp³-hybridized carbons (Fsp3) is 0.312. The number of benzene rings is 1. The van der Waals surface area contributed by atoms with Crippen LogP contribution in [0.2, 0.25) is 0 Å². The SMILES string of the molecule is CC(=O)c1ccccc1OCCn1c(C)cc(C)nc1=O. The van der Waals surface area contributed by atoms with Gasteiger partial charge in [-0.1, -0.05) is 12.1 Å². The van der Waals surface area contributed by atoms with Crippen LogP contribution in [-0.2, 0) is 6.54 Å². The summed E-state index contributed by atoms with van der Waals surface area (Å²) in [7, 11) is 0. The Morgan fingerprint density at radius 1 is 1.29 bits per heavy atom. The maximum atomic E-state index is 11.8. The van der Waals surface area contributed by atoms with Crippen LogP contribution in [0.5, 0.6) is 5.75 Å². The molecule has 0 unspecified atom stereocenters. The second-order valence-corrected chi connectivity index (χ2v) is 4.87. The lowest BCUT2D eigenvalue weighted by Crippen LogP contribution is -2.28. The van der Waals surface area contributed by atoms with E-state index in [-0.39, 0.29) is 11.5 Å². The number of hydrogen-bond donors (Lipinski definition) is 0. The quantitative estimate of drug-likeness (QED) is 0.790. The molecule has 0 N–H and O–H groups in total. The Bertz CT molecular complexity index is 720. The minimum atomic E-state index is -0.282. The summed E-state index contributed by atoms with van der Waals surface area (Å²) < 4.78 is 7.19. The van der Waals surface area contributed by atoms with Gasteiger partial charge in [-0.05, 0) is 39.0 Å². The predicted molar refractivity (Wildman–Crippen MR) is 79.9 cm³/mol. The van der Waals surface area contributed by atoms with Crippen LogP contribution in [0.1, 0.15) is 28.7 Å². The summed E-state index contributed by atoms with van der Waals surface area (Å²) in [5, 5.41) is 0. The van der Waals surface area contributed by atoms with Crippen molar-refractivity contribution < 1.29 is 9.53 Å². The third kappa shape index (κ3) is 3.56. The van der Waals surface area contributed by atoms with Crippen molar-refractivity contribution in [3.05, 3.63) is 57.8 Å². The number of ketones is 1. The second-order valence-electron chi connectivity index (χ2n) is 4.87.